The van der Waals surface area contributed by atoms with Crippen LogP contribution in [-0.2, 0) is 17.7 Å². The van der Waals surface area contributed by atoms with Crippen LogP contribution in [0.4, 0.5) is 0 Å². The van der Waals surface area contributed by atoms with E-state index in [0.717, 1.165) is 37.6 Å². The minimum atomic E-state index is 0.696. The molecular weight excluding hydrogens is 190 g/mol. The lowest BCUT2D eigenvalue weighted by Crippen LogP contribution is -2.14. The number of hydrogen-bond acceptors (Lipinski definition) is 4. The van der Waals surface area contributed by atoms with Gasteiger partial charge in [-0.1, -0.05) is 6.92 Å². The second kappa shape index (κ2) is 7.31. The monoisotopic (exact) mass is 209 g/mol. The molecule has 1 aromatic heterocycles. The lowest BCUT2D eigenvalue weighted by molar-refractivity contribution is 0.149. The Bertz CT molecular complexity index is 278. The first-order valence-electron chi connectivity index (χ1n) is 5.46. The highest BCUT2D eigenvalue weighted by Crippen LogP contribution is 1.96. The Morgan fingerprint density at radius 1 is 1.40 bits per heavy atom. The molecular formula is C11H19N3O. The lowest BCUT2D eigenvalue weighted by atomic mass is 10.3. The highest BCUT2D eigenvalue weighted by molar-refractivity contribution is 5.02. The second-order valence-corrected chi connectivity index (χ2v) is 3.19. The number of rotatable bonds is 7. The molecule has 0 radical (unpaired) electrons. The lowest BCUT2D eigenvalue weighted by Gasteiger charge is -2.04. The summed E-state index contributed by atoms with van der Waals surface area (Å²) in [6, 6.07) is 1.94. The third-order valence-corrected chi connectivity index (χ3v) is 1.99. The van der Waals surface area contributed by atoms with Crippen LogP contribution < -0.4 is 5.32 Å². The average Bonchev–Trinajstić information content (AvgIpc) is 2.27. The molecule has 0 aliphatic rings. The van der Waals surface area contributed by atoms with Crippen molar-refractivity contribution >= 4 is 0 Å². The van der Waals surface area contributed by atoms with Crippen molar-refractivity contribution < 1.29 is 4.74 Å². The van der Waals surface area contributed by atoms with Gasteiger partial charge in [0.25, 0.3) is 0 Å². The summed E-state index contributed by atoms with van der Waals surface area (Å²) < 4.78 is 5.26. The third kappa shape index (κ3) is 4.85. The van der Waals surface area contributed by atoms with E-state index in [2.05, 4.69) is 22.2 Å². The number of nitrogens with one attached hydrogen (secondary N) is 1. The maximum atomic E-state index is 5.26. The Labute approximate surface area is 91.1 Å². The van der Waals surface area contributed by atoms with Crippen LogP contribution in [0.2, 0.25) is 0 Å². The van der Waals surface area contributed by atoms with Crippen LogP contribution in [0.3, 0.4) is 0 Å². The largest absolute Gasteiger partial charge is 0.381 e. The molecule has 0 spiro atoms. The minimum absolute atomic E-state index is 0.696. The molecule has 84 valence electrons. The van der Waals surface area contributed by atoms with E-state index in [9.17, 15) is 0 Å². The zero-order valence-electron chi connectivity index (χ0n) is 9.49. The summed E-state index contributed by atoms with van der Waals surface area (Å²) >= 11 is 0. The van der Waals surface area contributed by atoms with Gasteiger partial charge in [-0.3, -0.25) is 0 Å². The van der Waals surface area contributed by atoms with Gasteiger partial charge in [-0.05, 0) is 19.5 Å². The van der Waals surface area contributed by atoms with Gasteiger partial charge in [0.2, 0.25) is 0 Å². The van der Waals surface area contributed by atoms with Crippen LogP contribution in [0.15, 0.2) is 12.3 Å². The zero-order chi connectivity index (χ0) is 10.9. The summed E-state index contributed by atoms with van der Waals surface area (Å²) in [5.41, 5.74) is 1.04. The van der Waals surface area contributed by atoms with Gasteiger partial charge < -0.3 is 10.1 Å². The molecule has 0 aliphatic carbocycles. The van der Waals surface area contributed by atoms with Gasteiger partial charge in [-0.25, -0.2) is 9.97 Å². The summed E-state index contributed by atoms with van der Waals surface area (Å²) in [6.45, 7) is 7.27. The smallest absolute Gasteiger partial charge is 0.130 e. The number of aromatic nitrogens is 2. The maximum Gasteiger partial charge on any atom is 0.130 e. The fourth-order valence-electron chi connectivity index (χ4n) is 1.22. The molecule has 0 aromatic carbocycles. The van der Waals surface area contributed by atoms with E-state index in [-0.39, 0.29) is 0 Å². The van der Waals surface area contributed by atoms with Crippen LogP contribution >= 0.6 is 0 Å². The molecule has 15 heavy (non-hydrogen) atoms. The van der Waals surface area contributed by atoms with Gasteiger partial charge in [0.1, 0.15) is 5.82 Å². The highest BCUT2D eigenvalue weighted by atomic mass is 16.5. The van der Waals surface area contributed by atoms with E-state index < -0.39 is 0 Å². The maximum absolute atomic E-state index is 5.26. The van der Waals surface area contributed by atoms with E-state index in [4.69, 9.17) is 4.74 Å². The van der Waals surface area contributed by atoms with E-state index in [1.54, 1.807) is 6.20 Å². The molecule has 0 saturated heterocycles. The molecule has 1 rings (SSSR count). The Morgan fingerprint density at radius 2 is 2.27 bits per heavy atom. The summed E-state index contributed by atoms with van der Waals surface area (Å²) in [4.78, 5) is 8.63. The molecule has 1 N–H and O–H groups in total. The second-order valence-electron chi connectivity index (χ2n) is 3.19. The molecule has 0 aliphatic heterocycles. The van der Waals surface area contributed by atoms with Gasteiger partial charge in [-0.2, -0.15) is 0 Å². The van der Waals surface area contributed by atoms with E-state index in [0.29, 0.717) is 6.61 Å². The highest BCUT2D eigenvalue weighted by Gasteiger charge is 1.98. The molecule has 4 nitrogen and oxygen atoms in total. The van der Waals surface area contributed by atoms with Crippen LogP contribution in [0.25, 0.3) is 0 Å². The van der Waals surface area contributed by atoms with Crippen molar-refractivity contribution in [3.8, 4) is 0 Å². The predicted octanol–water partition coefficient (Wildman–Crippen LogP) is 1.17. The molecule has 4 heteroatoms. The topological polar surface area (TPSA) is 47.0 Å². The van der Waals surface area contributed by atoms with Gasteiger partial charge in [-0.15, -0.1) is 0 Å². The van der Waals surface area contributed by atoms with E-state index in [1.807, 2.05) is 13.0 Å². The molecule has 1 heterocycles. The van der Waals surface area contributed by atoms with Gasteiger partial charge in [0.15, 0.2) is 0 Å². The molecule has 0 bridgehead atoms. The van der Waals surface area contributed by atoms with Crippen molar-refractivity contribution in [3.05, 3.63) is 23.8 Å². The van der Waals surface area contributed by atoms with Gasteiger partial charge in [0, 0.05) is 25.8 Å². The Hall–Kier alpha value is -1.00. The third-order valence-electron chi connectivity index (χ3n) is 1.99. The first kappa shape index (κ1) is 12.1. The van der Waals surface area contributed by atoms with Crippen molar-refractivity contribution in [1.29, 1.82) is 0 Å². The van der Waals surface area contributed by atoms with E-state index >= 15 is 0 Å². The van der Waals surface area contributed by atoms with Crippen LogP contribution in [0, 0.1) is 0 Å². The molecule has 0 saturated carbocycles. The van der Waals surface area contributed by atoms with Crippen molar-refractivity contribution in [2.45, 2.75) is 26.8 Å². The fourth-order valence-corrected chi connectivity index (χ4v) is 1.22. The normalized spacial score (nSPS) is 10.5. The molecule has 1 aromatic rings. The minimum Gasteiger partial charge on any atom is -0.381 e. The quantitative estimate of drug-likeness (QED) is 0.685. The van der Waals surface area contributed by atoms with E-state index in [1.165, 1.54) is 0 Å². The SMILES string of the molecule is CCNCc1ccnc(CCOCC)n1. The van der Waals surface area contributed by atoms with Crippen LogP contribution in [-0.4, -0.2) is 29.7 Å². The number of hydrogen-bond donors (Lipinski definition) is 1. The van der Waals surface area contributed by atoms with Crippen molar-refractivity contribution in [2.24, 2.45) is 0 Å². The predicted molar refractivity (Wildman–Crippen MR) is 59.6 cm³/mol. The first-order chi connectivity index (χ1) is 7.36. The summed E-state index contributed by atoms with van der Waals surface area (Å²) in [7, 11) is 0. The standard InChI is InChI=1S/C11H19N3O/c1-3-12-9-10-5-7-13-11(14-10)6-8-15-4-2/h5,7,12H,3-4,6,8-9H2,1-2H3. The van der Waals surface area contributed by atoms with Crippen molar-refractivity contribution in [1.82, 2.24) is 15.3 Å². The van der Waals surface area contributed by atoms with Gasteiger partial charge >= 0.3 is 0 Å². The molecule has 0 unspecified atom stereocenters. The number of nitrogens with zero attached hydrogens (tertiary/aromatic N) is 2. The van der Waals surface area contributed by atoms with Gasteiger partial charge in [0.05, 0.1) is 12.3 Å². The molecule has 0 fully saturated rings. The Kier molecular flexibility index (Phi) is 5.88. The van der Waals surface area contributed by atoms with Crippen molar-refractivity contribution in [3.63, 3.8) is 0 Å². The fraction of sp³-hybridized carbons (Fsp3) is 0.636. The number of ether oxygens (including phenoxy) is 1. The Balaban J connectivity index is 2.42. The zero-order valence-corrected chi connectivity index (χ0v) is 9.49. The average molecular weight is 209 g/mol. The summed E-state index contributed by atoms with van der Waals surface area (Å²) in [5, 5.41) is 3.24. The van der Waals surface area contributed by atoms with Crippen LogP contribution in [0.5, 0.6) is 0 Å². The summed E-state index contributed by atoms with van der Waals surface area (Å²) in [6.07, 6.45) is 2.59. The molecule has 0 amide bonds. The Morgan fingerprint density at radius 3 is 3.00 bits per heavy atom. The first-order valence-corrected chi connectivity index (χ1v) is 5.46. The van der Waals surface area contributed by atoms with Crippen molar-refractivity contribution in [2.75, 3.05) is 19.8 Å². The molecule has 0 atom stereocenters. The summed E-state index contributed by atoms with van der Waals surface area (Å²) in [5.74, 6) is 0.860. The van der Waals surface area contributed by atoms with Crippen LogP contribution in [0.1, 0.15) is 25.4 Å².